The highest BCUT2D eigenvalue weighted by Crippen LogP contribution is 2.24. The Morgan fingerprint density at radius 2 is 2.00 bits per heavy atom. The molecule has 0 aliphatic carbocycles. The number of halogens is 3. The van der Waals surface area contributed by atoms with Crippen molar-refractivity contribution < 1.29 is 9.50 Å². The summed E-state index contributed by atoms with van der Waals surface area (Å²) in [7, 11) is 0. The van der Waals surface area contributed by atoms with E-state index in [1.54, 1.807) is 12.1 Å². The Morgan fingerprint density at radius 1 is 1.25 bits per heavy atom. The second kappa shape index (κ2) is 7.34. The van der Waals surface area contributed by atoms with Crippen molar-refractivity contribution in [3.63, 3.8) is 0 Å². The normalized spacial score (nSPS) is 10.8. The molecule has 0 radical (unpaired) electrons. The molecule has 0 aliphatic rings. The Labute approximate surface area is 111 Å². The second-order valence-electron chi connectivity index (χ2n) is 3.19. The van der Waals surface area contributed by atoms with Gasteiger partial charge >= 0.3 is 0 Å². The SMILES string of the molecule is OCCNCNCc1cc(Br)cc(Br)c1F. The molecule has 16 heavy (non-hydrogen) atoms. The number of aliphatic hydroxyl groups excluding tert-OH is 1. The van der Waals surface area contributed by atoms with Gasteiger partial charge in [0.1, 0.15) is 5.82 Å². The summed E-state index contributed by atoms with van der Waals surface area (Å²) in [6.07, 6.45) is 0. The molecule has 0 saturated carbocycles. The summed E-state index contributed by atoms with van der Waals surface area (Å²) in [5, 5.41) is 14.5. The molecule has 90 valence electrons. The smallest absolute Gasteiger partial charge is 0.141 e. The van der Waals surface area contributed by atoms with Crippen molar-refractivity contribution >= 4 is 31.9 Å². The minimum atomic E-state index is -0.252. The number of nitrogens with one attached hydrogen (secondary N) is 2. The zero-order valence-corrected chi connectivity index (χ0v) is 11.7. The van der Waals surface area contributed by atoms with E-state index in [0.717, 1.165) is 4.47 Å². The molecular formula is C10H13Br2FN2O. The van der Waals surface area contributed by atoms with Gasteiger partial charge in [-0.15, -0.1) is 0 Å². The molecule has 3 N–H and O–H groups in total. The van der Waals surface area contributed by atoms with Crippen LogP contribution in [0.25, 0.3) is 0 Å². The molecule has 1 aromatic rings. The number of benzene rings is 1. The van der Waals surface area contributed by atoms with Gasteiger partial charge in [-0.3, -0.25) is 0 Å². The third-order valence-electron chi connectivity index (χ3n) is 1.92. The van der Waals surface area contributed by atoms with Gasteiger partial charge < -0.3 is 15.7 Å². The first-order valence-electron chi connectivity index (χ1n) is 4.81. The van der Waals surface area contributed by atoms with E-state index in [-0.39, 0.29) is 12.4 Å². The first kappa shape index (κ1) is 14.1. The van der Waals surface area contributed by atoms with Crippen LogP contribution in [0, 0.1) is 5.82 Å². The molecule has 0 amide bonds. The molecule has 0 spiro atoms. The van der Waals surface area contributed by atoms with Crippen molar-refractivity contribution in [2.75, 3.05) is 19.8 Å². The van der Waals surface area contributed by atoms with Crippen LogP contribution in [0.5, 0.6) is 0 Å². The lowest BCUT2D eigenvalue weighted by molar-refractivity contribution is 0.290. The fourth-order valence-corrected chi connectivity index (χ4v) is 2.50. The summed E-state index contributed by atoms with van der Waals surface area (Å²) in [6, 6.07) is 3.40. The Kier molecular flexibility index (Phi) is 6.45. The minimum Gasteiger partial charge on any atom is -0.395 e. The fourth-order valence-electron chi connectivity index (χ4n) is 1.19. The number of hydrogen-bond donors (Lipinski definition) is 3. The van der Waals surface area contributed by atoms with Crippen LogP contribution in [0.4, 0.5) is 4.39 Å². The van der Waals surface area contributed by atoms with Crippen LogP contribution in [0.3, 0.4) is 0 Å². The Bertz CT molecular complexity index is 350. The lowest BCUT2D eigenvalue weighted by atomic mass is 10.2. The van der Waals surface area contributed by atoms with Crippen LogP contribution in [-0.2, 0) is 6.54 Å². The number of aliphatic hydroxyl groups is 1. The average molecular weight is 356 g/mol. The topological polar surface area (TPSA) is 44.3 Å². The van der Waals surface area contributed by atoms with Crippen LogP contribution >= 0.6 is 31.9 Å². The predicted molar refractivity (Wildman–Crippen MR) is 68.6 cm³/mol. The number of rotatable bonds is 6. The van der Waals surface area contributed by atoms with Gasteiger partial charge in [0.05, 0.1) is 11.1 Å². The van der Waals surface area contributed by atoms with Gasteiger partial charge in [0.2, 0.25) is 0 Å². The third-order valence-corrected chi connectivity index (χ3v) is 2.96. The van der Waals surface area contributed by atoms with E-state index >= 15 is 0 Å². The van der Waals surface area contributed by atoms with Crippen molar-refractivity contribution in [2.45, 2.75) is 6.54 Å². The maximum absolute atomic E-state index is 13.6. The van der Waals surface area contributed by atoms with Gasteiger partial charge in [-0.25, -0.2) is 4.39 Å². The first-order chi connectivity index (χ1) is 7.65. The summed E-state index contributed by atoms with van der Waals surface area (Å²) < 4.78 is 14.9. The minimum absolute atomic E-state index is 0.0957. The van der Waals surface area contributed by atoms with Crippen molar-refractivity contribution in [3.05, 3.63) is 32.5 Å². The van der Waals surface area contributed by atoms with Crippen molar-refractivity contribution in [1.29, 1.82) is 0 Å². The third kappa shape index (κ3) is 4.47. The summed E-state index contributed by atoms with van der Waals surface area (Å²) in [5.74, 6) is -0.252. The lowest BCUT2D eigenvalue weighted by Gasteiger charge is -2.08. The molecule has 1 aromatic carbocycles. The quantitative estimate of drug-likeness (QED) is 0.415. The van der Waals surface area contributed by atoms with Crippen LogP contribution in [-0.4, -0.2) is 24.9 Å². The summed E-state index contributed by atoms with van der Waals surface area (Å²) in [6.45, 7) is 1.59. The monoisotopic (exact) mass is 354 g/mol. The van der Waals surface area contributed by atoms with Gasteiger partial charge in [-0.2, -0.15) is 0 Å². The molecule has 0 heterocycles. The van der Waals surface area contributed by atoms with Gasteiger partial charge in [0, 0.05) is 29.8 Å². The molecule has 0 atom stereocenters. The molecule has 0 fully saturated rings. The van der Waals surface area contributed by atoms with Crippen LogP contribution in [0.15, 0.2) is 21.1 Å². The summed E-state index contributed by atoms with van der Waals surface area (Å²) in [5.41, 5.74) is 0.590. The summed E-state index contributed by atoms with van der Waals surface area (Å²) >= 11 is 6.46. The maximum Gasteiger partial charge on any atom is 0.141 e. The molecule has 0 saturated heterocycles. The highest BCUT2D eigenvalue weighted by molar-refractivity contribution is 9.11. The fraction of sp³-hybridized carbons (Fsp3) is 0.400. The first-order valence-corrected chi connectivity index (χ1v) is 6.39. The molecule has 1 rings (SSSR count). The van der Waals surface area contributed by atoms with E-state index in [0.29, 0.717) is 29.8 Å². The van der Waals surface area contributed by atoms with Crippen LogP contribution in [0.2, 0.25) is 0 Å². The molecular weight excluding hydrogens is 343 g/mol. The highest BCUT2D eigenvalue weighted by atomic mass is 79.9. The van der Waals surface area contributed by atoms with E-state index < -0.39 is 0 Å². The molecule has 3 nitrogen and oxygen atoms in total. The average Bonchev–Trinajstić information content (AvgIpc) is 2.24. The van der Waals surface area contributed by atoms with E-state index in [1.165, 1.54) is 0 Å². The molecule has 6 heteroatoms. The van der Waals surface area contributed by atoms with Gasteiger partial charge in [0.25, 0.3) is 0 Å². The van der Waals surface area contributed by atoms with E-state index in [1.807, 2.05) is 0 Å². The van der Waals surface area contributed by atoms with E-state index in [4.69, 9.17) is 5.11 Å². The molecule has 0 unspecified atom stereocenters. The van der Waals surface area contributed by atoms with Crippen molar-refractivity contribution in [3.8, 4) is 0 Å². The Morgan fingerprint density at radius 3 is 2.69 bits per heavy atom. The zero-order valence-electron chi connectivity index (χ0n) is 8.56. The zero-order chi connectivity index (χ0) is 12.0. The number of hydrogen-bond acceptors (Lipinski definition) is 3. The van der Waals surface area contributed by atoms with Crippen LogP contribution in [0.1, 0.15) is 5.56 Å². The van der Waals surface area contributed by atoms with Crippen molar-refractivity contribution in [2.24, 2.45) is 0 Å². The highest BCUT2D eigenvalue weighted by Gasteiger charge is 2.07. The van der Waals surface area contributed by atoms with E-state index in [9.17, 15) is 4.39 Å². The van der Waals surface area contributed by atoms with Crippen LogP contribution < -0.4 is 10.6 Å². The Hall–Kier alpha value is -0.0100. The molecule has 0 aliphatic heterocycles. The van der Waals surface area contributed by atoms with Gasteiger partial charge in [-0.05, 0) is 28.1 Å². The molecule has 0 aromatic heterocycles. The van der Waals surface area contributed by atoms with Gasteiger partial charge in [0.15, 0.2) is 0 Å². The standard InChI is InChI=1S/C10H13Br2FN2O/c11-8-3-7(10(13)9(12)4-8)5-15-6-14-1-2-16/h3-4,14-16H,1-2,5-6H2. The summed E-state index contributed by atoms with van der Waals surface area (Å²) in [4.78, 5) is 0. The van der Waals surface area contributed by atoms with Gasteiger partial charge in [-0.1, -0.05) is 15.9 Å². The molecule has 0 bridgehead atoms. The second-order valence-corrected chi connectivity index (χ2v) is 4.96. The lowest BCUT2D eigenvalue weighted by Crippen LogP contribution is -2.30. The maximum atomic E-state index is 13.6. The largest absolute Gasteiger partial charge is 0.395 e. The van der Waals surface area contributed by atoms with Crippen molar-refractivity contribution in [1.82, 2.24) is 10.6 Å². The predicted octanol–water partition coefficient (Wildman–Crippen LogP) is 1.98. The Balaban J connectivity index is 2.47. The van der Waals surface area contributed by atoms with E-state index in [2.05, 4.69) is 42.5 Å².